The molecule has 0 spiro atoms. The molecule has 5 rings (SSSR count). The van der Waals surface area contributed by atoms with E-state index < -0.39 is 17.3 Å². The number of thioether (sulfide) groups is 1. The van der Waals surface area contributed by atoms with Crippen molar-refractivity contribution in [2.75, 3.05) is 11.1 Å². The predicted octanol–water partition coefficient (Wildman–Crippen LogP) is 3.92. The number of aromatic amines is 1. The lowest BCUT2D eigenvalue weighted by molar-refractivity contribution is -0.149. The summed E-state index contributed by atoms with van der Waals surface area (Å²) in [5, 5.41) is 3.68. The smallest absolute Gasteiger partial charge is 0.319 e. The van der Waals surface area contributed by atoms with Gasteiger partial charge in [0.15, 0.2) is 0 Å². The van der Waals surface area contributed by atoms with Gasteiger partial charge in [0.1, 0.15) is 5.75 Å². The van der Waals surface area contributed by atoms with E-state index in [-0.39, 0.29) is 17.2 Å². The van der Waals surface area contributed by atoms with Gasteiger partial charge in [0, 0.05) is 34.2 Å². The van der Waals surface area contributed by atoms with Crippen LogP contribution >= 0.6 is 23.1 Å². The van der Waals surface area contributed by atoms with Gasteiger partial charge < -0.3 is 15.0 Å². The molecule has 2 aliphatic heterocycles. The molecule has 0 fully saturated rings. The van der Waals surface area contributed by atoms with Gasteiger partial charge in [-0.15, -0.1) is 11.8 Å². The van der Waals surface area contributed by atoms with Crippen LogP contribution in [0.5, 0.6) is 5.75 Å². The Morgan fingerprint density at radius 3 is 2.90 bits per heavy atom. The molecule has 2 atom stereocenters. The number of hydrogen-bond donors (Lipinski definition) is 2. The number of ether oxygens (including phenoxy) is 1. The Kier molecular flexibility index (Phi) is 4.56. The number of nitrogens with one attached hydrogen (secondary N) is 2. The molecule has 2 aliphatic rings. The number of para-hydroxylation sites is 1. The van der Waals surface area contributed by atoms with Gasteiger partial charge in [-0.1, -0.05) is 41.7 Å². The van der Waals surface area contributed by atoms with Gasteiger partial charge in [-0.2, -0.15) is 0 Å². The van der Waals surface area contributed by atoms with Crippen molar-refractivity contribution in [3.05, 3.63) is 74.2 Å². The highest BCUT2D eigenvalue weighted by molar-refractivity contribution is 7.99. The Morgan fingerprint density at radius 1 is 1.23 bits per heavy atom. The molecule has 2 aromatic carbocycles. The SMILES string of the molecule is Cc1cccc(NC(=O)C[C@@]23CSc4[nH]c(=O)sc4[C@H]2c2ccccc2OC3=O)c1. The van der Waals surface area contributed by atoms with E-state index in [2.05, 4.69) is 10.3 Å². The predicted molar refractivity (Wildman–Crippen MR) is 116 cm³/mol. The summed E-state index contributed by atoms with van der Waals surface area (Å²) in [6.45, 7) is 1.95. The van der Waals surface area contributed by atoms with Crippen LogP contribution in [0.1, 0.15) is 28.3 Å². The maximum atomic E-state index is 13.3. The molecule has 2 N–H and O–H groups in total. The van der Waals surface area contributed by atoms with Crippen molar-refractivity contribution in [3.63, 3.8) is 0 Å². The highest BCUT2D eigenvalue weighted by Crippen LogP contribution is 2.58. The van der Waals surface area contributed by atoms with E-state index in [1.54, 1.807) is 6.07 Å². The lowest BCUT2D eigenvalue weighted by atomic mass is 9.68. The van der Waals surface area contributed by atoms with E-state index in [1.807, 2.05) is 49.4 Å². The first-order valence-corrected chi connectivity index (χ1v) is 11.3. The summed E-state index contributed by atoms with van der Waals surface area (Å²) >= 11 is 2.50. The van der Waals surface area contributed by atoms with Gasteiger partial charge in [-0.3, -0.25) is 14.4 Å². The van der Waals surface area contributed by atoms with Crippen LogP contribution in [0.25, 0.3) is 0 Å². The molecule has 1 amide bonds. The van der Waals surface area contributed by atoms with Crippen molar-refractivity contribution in [2.24, 2.45) is 5.41 Å². The first-order valence-electron chi connectivity index (χ1n) is 9.50. The zero-order valence-electron chi connectivity index (χ0n) is 16.1. The Bertz CT molecular complexity index is 1230. The maximum Gasteiger partial charge on any atom is 0.319 e. The number of H-pyrrole nitrogens is 1. The van der Waals surface area contributed by atoms with E-state index in [9.17, 15) is 14.4 Å². The second-order valence-electron chi connectivity index (χ2n) is 7.61. The third-order valence-electron chi connectivity index (χ3n) is 5.55. The Morgan fingerprint density at radius 2 is 2.07 bits per heavy atom. The first kappa shape index (κ1) is 19.1. The quantitative estimate of drug-likeness (QED) is 0.478. The number of esters is 1. The zero-order valence-corrected chi connectivity index (χ0v) is 17.7. The molecule has 0 saturated heterocycles. The number of benzene rings is 2. The molecule has 30 heavy (non-hydrogen) atoms. The molecule has 0 aliphatic carbocycles. The standard InChI is InChI=1S/C22H18N2O4S2/c1-12-5-4-6-13(9-12)23-16(25)10-22-11-29-19-18(30-21(27)24-19)17(22)14-7-2-3-8-15(14)28-20(22)26/h2-9,17H,10-11H2,1H3,(H,23,25)(H,24,27)/t17-,22-/m1/s1. The summed E-state index contributed by atoms with van der Waals surface area (Å²) in [6.07, 6.45) is -0.0304. The van der Waals surface area contributed by atoms with Crippen LogP contribution < -0.4 is 14.9 Å². The highest BCUT2D eigenvalue weighted by atomic mass is 32.2. The van der Waals surface area contributed by atoms with Gasteiger partial charge >= 0.3 is 10.8 Å². The number of fused-ring (bicyclic) bond motifs is 5. The van der Waals surface area contributed by atoms with Crippen LogP contribution in [0, 0.1) is 12.3 Å². The summed E-state index contributed by atoms with van der Waals surface area (Å²) in [4.78, 5) is 41.9. The molecule has 0 bridgehead atoms. The van der Waals surface area contributed by atoms with Crippen molar-refractivity contribution in [1.82, 2.24) is 4.98 Å². The van der Waals surface area contributed by atoms with E-state index in [4.69, 9.17) is 4.74 Å². The van der Waals surface area contributed by atoms with Crippen LogP contribution in [0.3, 0.4) is 0 Å². The fraction of sp³-hybridized carbons (Fsp3) is 0.227. The Balaban J connectivity index is 1.57. The molecular weight excluding hydrogens is 420 g/mol. The third-order valence-corrected chi connectivity index (χ3v) is 7.89. The summed E-state index contributed by atoms with van der Waals surface area (Å²) in [5.41, 5.74) is 1.47. The molecule has 152 valence electrons. The molecule has 8 heteroatoms. The first-order chi connectivity index (χ1) is 14.5. The highest BCUT2D eigenvalue weighted by Gasteiger charge is 2.57. The Labute approximate surface area is 180 Å². The lowest BCUT2D eigenvalue weighted by Crippen LogP contribution is -2.49. The third kappa shape index (κ3) is 3.07. The van der Waals surface area contributed by atoms with Crippen LogP contribution in [-0.4, -0.2) is 22.6 Å². The number of anilines is 1. The number of aromatic nitrogens is 1. The largest absolute Gasteiger partial charge is 0.426 e. The maximum absolute atomic E-state index is 13.3. The van der Waals surface area contributed by atoms with Crippen molar-refractivity contribution in [1.29, 1.82) is 0 Å². The molecular formula is C22H18N2O4S2. The van der Waals surface area contributed by atoms with E-state index in [1.165, 1.54) is 11.8 Å². The van der Waals surface area contributed by atoms with Gasteiger partial charge in [0.05, 0.1) is 10.4 Å². The van der Waals surface area contributed by atoms with Gasteiger partial charge in [-0.25, -0.2) is 0 Å². The van der Waals surface area contributed by atoms with Gasteiger partial charge in [-0.05, 0) is 30.7 Å². The van der Waals surface area contributed by atoms with E-state index in [0.717, 1.165) is 32.4 Å². The van der Waals surface area contributed by atoms with Crippen molar-refractivity contribution in [2.45, 2.75) is 24.3 Å². The van der Waals surface area contributed by atoms with Crippen LogP contribution in [0.15, 0.2) is 58.4 Å². The minimum Gasteiger partial charge on any atom is -0.426 e. The average molecular weight is 439 g/mol. The van der Waals surface area contributed by atoms with Crippen LogP contribution in [0.2, 0.25) is 0 Å². The number of rotatable bonds is 3. The minimum atomic E-state index is -1.08. The zero-order chi connectivity index (χ0) is 20.9. The van der Waals surface area contributed by atoms with Crippen molar-refractivity contribution < 1.29 is 14.3 Å². The second-order valence-corrected chi connectivity index (χ2v) is 9.61. The van der Waals surface area contributed by atoms with Crippen molar-refractivity contribution in [3.8, 4) is 5.75 Å². The second kappa shape index (κ2) is 7.14. The van der Waals surface area contributed by atoms with Crippen molar-refractivity contribution >= 4 is 40.7 Å². The van der Waals surface area contributed by atoms with Gasteiger partial charge in [0.2, 0.25) is 5.91 Å². The molecule has 1 aromatic heterocycles. The lowest BCUT2D eigenvalue weighted by Gasteiger charge is -2.44. The summed E-state index contributed by atoms with van der Waals surface area (Å²) < 4.78 is 5.68. The van der Waals surface area contributed by atoms with E-state index in [0.29, 0.717) is 17.2 Å². The Hall–Kier alpha value is -2.84. The molecule has 0 saturated carbocycles. The van der Waals surface area contributed by atoms with Gasteiger partial charge in [0.25, 0.3) is 0 Å². The fourth-order valence-corrected chi connectivity index (χ4v) is 6.77. The molecule has 3 heterocycles. The monoisotopic (exact) mass is 438 g/mol. The number of carbonyl (C=O) groups is 2. The summed E-state index contributed by atoms with van der Waals surface area (Å²) in [7, 11) is 0. The molecule has 0 unspecified atom stereocenters. The number of thiazole rings is 1. The average Bonchev–Trinajstić information content (AvgIpc) is 3.08. The fourth-order valence-electron chi connectivity index (χ4n) is 4.23. The minimum absolute atomic E-state index is 0.0304. The molecule has 6 nitrogen and oxygen atoms in total. The summed E-state index contributed by atoms with van der Waals surface area (Å²) in [5.74, 6) is -0.246. The number of aryl methyl sites for hydroxylation is 1. The number of hydrogen-bond acceptors (Lipinski definition) is 6. The van der Waals surface area contributed by atoms with Crippen LogP contribution in [-0.2, 0) is 9.59 Å². The van der Waals surface area contributed by atoms with E-state index >= 15 is 0 Å². The number of carbonyl (C=O) groups excluding carboxylic acids is 2. The van der Waals surface area contributed by atoms with Crippen LogP contribution in [0.4, 0.5) is 5.69 Å². The number of amides is 1. The summed E-state index contributed by atoms with van der Waals surface area (Å²) in [6, 6.07) is 14.9. The molecule has 3 aromatic rings. The topological polar surface area (TPSA) is 88.3 Å². The molecule has 0 radical (unpaired) electrons. The normalized spacial score (nSPS) is 21.8.